The fraction of sp³-hybridized carbons (Fsp3) is 0.500. The van der Waals surface area contributed by atoms with Gasteiger partial charge in [0.15, 0.2) is 5.69 Å². The van der Waals surface area contributed by atoms with Crippen LogP contribution in [0.3, 0.4) is 0 Å². The molecule has 1 aromatic rings. The van der Waals surface area contributed by atoms with E-state index in [4.69, 9.17) is 5.73 Å². The third kappa shape index (κ3) is 4.35. The van der Waals surface area contributed by atoms with Crippen molar-refractivity contribution >= 4 is 5.97 Å². The van der Waals surface area contributed by atoms with Crippen molar-refractivity contribution in [3.05, 3.63) is 28.6 Å². The van der Waals surface area contributed by atoms with Crippen molar-refractivity contribution in [3.63, 3.8) is 0 Å². The maximum atomic E-state index is 13.0. The van der Waals surface area contributed by atoms with Gasteiger partial charge in [0.05, 0.1) is 24.3 Å². The summed E-state index contributed by atoms with van der Waals surface area (Å²) in [7, 11) is 0. The Morgan fingerprint density at radius 2 is 2.05 bits per heavy atom. The van der Waals surface area contributed by atoms with E-state index >= 15 is 0 Å². The number of halogens is 5. The number of aromatic nitrogens is 1. The summed E-state index contributed by atoms with van der Waals surface area (Å²) in [5.74, 6) is -0.901. The fourth-order valence-electron chi connectivity index (χ4n) is 1.74. The van der Waals surface area contributed by atoms with Crippen LogP contribution in [-0.4, -0.2) is 17.6 Å². The number of ether oxygens (including phenoxy) is 1. The second-order valence-corrected chi connectivity index (χ2v) is 4.02. The van der Waals surface area contributed by atoms with Gasteiger partial charge in [0, 0.05) is 6.54 Å². The van der Waals surface area contributed by atoms with Gasteiger partial charge >= 0.3 is 12.1 Å². The molecule has 4 nitrogen and oxygen atoms in total. The van der Waals surface area contributed by atoms with Crippen LogP contribution in [0.25, 0.3) is 0 Å². The Morgan fingerprint density at radius 3 is 2.48 bits per heavy atom. The molecule has 0 spiro atoms. The summed E-state index contributed by atoms with van der Waals surface area (Å²) in [6.45, 7) is 1.11. The molecule has 0 aliphatic heterocycles. The molecule has 0 atom stereocenters. The summed E-state index contributed by atoms with van der Waals surface area (Å²) in [5.41, 5.74) is 1.47. The summed E-state index contributed by atoms with van der Waals surface area (Å²) < 4.78 is 69.0. The van der Waals surface area contributed by atoms with Crippen LogP contribution >= 0.6 is 0 Å². The van der Waals surface area contributed by atoms with E-state index < -0.39 is 41.8 Å². The quantitative estimate of drug-likeness (QED) is 0.670. The zero-order valence-electron chi connectivity index (χ0n) is 11.0. The van der Waals surface area contributed by atoms with Crippen LogP contribution in [0.5, 0.6) is 0 Å². The third-order valence-corrected chi connectivity index (χ3v) is 2.53. The first-order valence-electron chi connectivity index (χ1n) is 5.94. The highest BCUT2D eigenvalue weighted by atomic mass is 19.4. The van der Waals surface area contributed by atoms with Gasteiger partial charge in [0.25, 0.3) is 6.43 Å². The first kappa shape index (κ1) is 17.3. The van der Waals surface area contributed by atoms with E-state index in [1.807, 2.05) is 0 Å². The van der Waals surface area contributed by atoms with Crippen LogP contribution in [0.15, 0.2) is 6.07 Å². The Morgan fingerprint density at radius 1 is 1.43 bits per heavy atom. The molecule has 0 aromatic carbocycles. The number of carbonyl (C=O) groups excluding carboxylic acids is 1. The lowest BCUT2D eigenvalue weighted by Crippen LogP contribution is -2.19. The zero-order chi connectivity index (χ0) is 16.2. The van der Waals surface area contributed by atoms with Gasteiger partial charge in [-0.2, -0.15) is 13.2 Å². The molecule has 0 aliphatic rings. The predicted octanol–water partition coefficient (Wildman–Crippen LogP) is 2.60. The van der Waals surface area contributed by atoms with Crippen molar-refractivity contribution in [1.29, 1.82) is 0 Å². The molecule has 118 valence electrons. The predicted molar refractivity (Wildman–Crippen MR) is 62.4 cm³/mol. The lowest BCUT2D eigenvalue weighted by molar-refractivity contribution is -0.145. The smallest absolute Gasteiger partial charge is 0.433 e. The number of hydrogen-bond donors (Lipinski definition) is 1. The normalized spacial score (nSPS) is 11.8. The Hall–Kier alpha value is -1.77. The molecule has 0 unspecified atom stereocenters. The van der Waals surface area contributed by atoms with Gasteiger partial charge in [-0.1, -0.05) is 0 Å². The van der Waals surface area contributed by atoms with Crippen molar-refractivity contribution < 1.29 is 31.5 Å². The van der Waals surface area contributed by atoms with Crippen LogP contribution in [0, 0.1) is 0 Å². The molecule has 0 amide bonds. The van der Waals surface area contributed by atoms with Crippen molar-refractivity contribution in [2.75, 3.05) is 6.61 Å². The van der Waals surface area contributed by atoms with Crippen LogP contribution in [0.2, 0.25) is 0 Å². The average molecular weight is 312 g/mol. The molecule has 21 heavy (non-hydrogen) atoms. The molecule has 0 bridgehead atoms. The minimum atomic E-state index is -5.07. The van der Waals surface area contributed by atoms with Crippen molar-refractivity contribution in [1.82, 2.24) is 4.98 Å². The van der Waals surface area contributed by atoms with Gasteiger partial charge in [-0.25, -0.2) is 13.8 Å². The molecule has 1 aromatic heterocycles. The summed E-state index contributed by atoms with van der Waals surface area (Å²) in [6, 6.07) is 0.966. The van der Waals surface area contributed by atoms with Gasteiger partial charge < -0.3 is 10.5 Å². The molecule has 9 heteroatoms. The van der Waals surface area contributed by atoms with Gasteiger partial charge in [0.1, 0.15) is 0 Å². The largest absolute Gasteiger partial charge is 0.466 e. The third-order valence-electron chi connectivity index (χ3n) is 2.53. The lowest BCUT2D eigenvalue weighted by atomic mass is 10.0. The zero-order valence-corrected chi connectivity index (χ0v) is 11.0. The number of nitrogens with zero attached hydrogens (tertiary/aromatic N) is 1. The molecule has 1 rings (SSSR count). The van der Waals surface area contributed by atoms with Gasteiger partial charge in [-0.05, 0) is 18.6 Å². The van der Waals surface area contributed by atoms with E-state index in [1.54, 1.807) is 0 Å². The highest BCUT2D eigenvalue weighted by Gasteiger charge is 2.39. The molecule has 1 heterocycles. The number of nitrogens with two attached hydrogens (primary N) is 1. The van der Waals surface area contributed by atoms with Crippen LogP contribution in [0.4, 0.5) is 22.0 Å². The number of alkyl halides is 5. The molecule has 0 radical (unpaired) electrons. The Bertz CT molecular complexity index is 517. The molecule has 0 saturated carbocycles. The van der Waals surface area contributed by atoms with E-state index in [9.17, 15) is 26.7 Å². The van der Waals surface area contributed by atoms with E-state index in [0.717, 1.165) is 6.07 Å². The van der Waals surface area contributed by atoms with Gasteiger partial charge in [0.2, 0.25) is 0 Å². The van der Waals surface area contributed by atoms with E-state index in [2.05, 4.69) is 9.72 Å². The van der Waals surface area contributed by atoms with E-state index in [0.29, 0.717) is 0 Å². The number of esters is 1. The summed E-state index contributed by atoms with van der Waals surface area (Å²) >= 11 is 0. The number of carbonyl (C=O) groups is 1. The van der Waals surface area contributed by atoms with E-state index in [-0.39, 0.29) is 18.8 Å². The summed E-state index contributed by atoms with van der Waals surface area (Å²) in [6.07, 6.45) is -9.20. The Balaban J connectivity index is 3.42. The molecular formula is C12H13F5N2O2. The summed E-state index contributed by atoms with van der Waals surface area (Å²) in [4.78, 5) is 14.5. The maximum absolute atomic E-state index is 13.0. The molecule has 2 N–H and O–H groups in total. The van der Waals surface area contributed by atoms with Crippen molar-refractivity contribution in [3.8, 4) is 0 Å². The Kier molecular flexibility index (Phi) is 5.59. The second-order valence-electron chi connectivity index (χ2n) is 4.02. The molecular weight excluding hydrogens is 299 g/mol. The fourth-order valence-corrected chi connectivity index (χ4v) is 1.74. The molecule has 0 aliphatic carbocycles. The Labute approximate surface area is 117 Å². The second kappa shape index (κ2) is 6.79. The van der Waals surface area contributed by atoms with Crippen molar-refractivity contribution in [2.45, 2.75) is 32.5 Å². The monoisotopic (exact) mass is 312 g/mol. The first-order chi connectivity index (χ1) is 9.70. The van der Waals surface area contributed by atoms with Crippen LogP contribution in [-0.2, 0) is 28.7 Å². The topological polar surface area (TPSA) is 65.2 Å². The minimum absolute atomic E-state index is 0.0101. The first-order valence-corrected chi connectivity index (χ1v) is 5.94. The number of rotatable bonds is 5. The lowest BCUT2D eigenvalue weighted by Gasteiger charge is -2.17. The number of pyridine rings is 1. The minimum Gasteiger partial charge on any atom is -0.466 e. The number of hydrogen-bond acceptors (Lipinski definition) is 4. The van der Waals surface area contributed by atoms with Crippen LogP contribution < -0.4 is 5.73 Å². The highest BCUT2D eigenvalue weighted by molar-refractivity contribution is 5.73. The average Bonchev–Trinajstić information content (AvgIpc) is 2.36. The standard InChI is InChI=1S/C12H13F5N2O2/c1-2-21-8(20)4-6-3-7(5-18)19-10(12(15,16)17)9(6)11(13)14/h3,11H,2,4-5,18H2,1H3. The maximum Gasteiger partial charge on any atom is 0.433 e. The molecule has 0 saturated heterocycles. The highest BCUT2D eigenvalue weighted by Crippen LogP contribution is 2.37. The molecule has 0 fully saturated rings. The summed E-state index contributed by atoms with van der Waals surface area (Å²) in [5, 5.41) is 0. The van der Waals surface area contributed by atoms with E-state index in [1.165, 1.54) is 6.92 Å². The van der Waals surface area contributed by atoms with Crippen LogP contribution in [0.1, 0.15) is 35.9 Å². The van der Waals surface area contributed by atoms with Gasteiger partial charge in [-0.3, -0.25) is 4.79 Å². The SMILES string of the molecule is CCOC(=O)Cc1cc(CN)nc(C(F)(F)F)c1C(F)F. The van der Waals surface area contributed by atoms with Gasteiger partial charge in [-0.15, -0.1) is 0 Å². The van der Waals surface area contributed by atoms with Crippen molar-refractivity contribution in [2.24, 2.45) is 5.73 Å².